The Hall–Kier alpha value is -0.730. The Balaban J connectivity index is 4.27. The number of nitrogens with two attached hydrogens (primary N) is 1. The van der Waals surface area contributed by atoms with Crippen LogP contribution in [0, 0.1) is 0 Å². The third kappa shape index (κ3) is 6.84. The lowest BCUT2D eigenvalue weighted by Gasteiger charge is -2.27. The highest BCUT2D eigenvalue weighted by Crippen LogP contribution is 2.10. The standard InChI is InChI=1S/C12H25NO6/c1-2-3-4-5-6-19-11(12(13)18)10(17)9(16)8(15)7-14/h8-11,14-17H,2-7H2,1H3,(H2,13,18)/t8-,9-,10+,11-/m1/s1. The van der Waals surface area contributed by atoms with Crippen molar-refractivity contribution in [1.29, 1.82) is 0 Å². The van der Waals surface area contributed by atoms with Crippen LogP contribution in [0.15, 0.2) is 0 Å². The Morgan fingerprint density at radius 3 is 2.26 bits per heavy atom. The molecule has 0 fully saturated rings. The molecule has 0 saturated heterocycles. The predicted octanol–water partition coefficient (Wildman–Crippen LogP) is -1.49. The molecule has 4 atom stereocenters. The summed E-state index contributed by atoms with van der Waals surface area (Å²) in [5.74, 6) is -0.924. The van der Waals surface area contributed by atoms with Gasteiger partial charge in [-0.3, -0.25) is 4.79 Å². The monoisotopic (exact) mass is 279 g/mol. The summed E-state index contributed by atoms with van der Waals surface area (Å²) in [4.78, 5) is 11.2. The smallest absolute Gasteiger partial charge is 0.249 e. The van der Waals surface area contributed by atoms with Gasteiger partial charge in [-0.25, -0.2) is 0 Å². The van der Waals surface area contributed by atoms with Crippen LogP contribution < -0.4 is 5.73 Å². The third-order valence-electron chi connectivity index (χ3n) is 2.82. The first-order chi connectivity index (χ1) is 8.95. The Kier molecular flexibility index (Phi) is 9.72. The molecule has 0 bridgehead atoms. The van der Waals surface area contributed by atoms with Gasteiger partial charge in [0.1, 0.15) is 18.3 Å². The average molecular weight is 279 g/mol. The Bertz CT molecular complexity index is 250. The lowest BCUT2D eigenvalue weighted by atomic mass is 10.0. The molecule has 0 aromatic rings. The summed E-state index contributed by atoms with van der Waals surface area (Å²) in [6.45, 7) is 1.55. The molecule has 0 spiro atoms. The fraction of sp³-hybridized carbons (Fsp3) is 0.917. The summed E-state index contributed by atoms with van der Waals surface area (Å²) in [5, 5.41) is 37.1. The molecule has 0 heterocycles. The highest BCUT2D eigenvalue weighted by atomic mass is 16.5. The van der Waals surface area contributed by atoms with Crippen molar-refractivity contribution in [2.75, 3.05) is 13.2 Å². The number of amides is 1. The topological polar surface area (TPSA) is 133 Å². The van der Waals surface area contributed by atoms with E-state index in [-0.39, 0.29) is 6.61 Å². The van der Waals surface area contributed by atoms with E-state index in [2.05, 4.69) is 6.92 Å². The maximum absolute atomic E-state index is 11.2. The van der Waals surface area contributed by atoms with E-state index in [1.54, 1.807) is 0 Å². The molecular weight excluding hydrogens is 254 g/mol. The molecule has 0 aromatic heterocycles. The second kappa shape index (κ2) is 10.1. The quantitative estimate of drug-likeness (QED) is 0.293. The van der Waals surface area contributed by atoms with Gasteiger partial charge < -0.3 is 30.9 Å². The van der Waals surface area contributed by atoms with E-state index >= 15 is 0 Å². The fourth-order valence-corrected chi connectivity index (χ4v) is 1.60. The van der Waals surface area contributed by atoms with Gasteiger partial charge in [-0.1, -0.05) is 26.2 Å². The van der Waals surface area contributed by atoms with Crippen molar-refractivity contribution < 1.29 is 30.0 Å². The van der Waals surface area contributed by atoms with E-state index in [1.807, 2.05) is 0 Å². The van der Waals surface area contributed by atoms with Gasteiger partial charge in [0, 0.05) is 6.61 Å². The Morgan fingerprint density at radius 2 is 1.79 bits per heavy atom. The van der Waals surface area contributed by atoms with Crippen molar-refractivity contribution in [1.82, 2.24) is 0 Å². The van der Waals surface area contributed by atoms with Crippen molar-refractivity contribution in [3.63, 3.8) is 0 Å². The molecule has 0 aliphatic heterocycles. The van der Waals surface area contributed by atoms with Crippen LogP contribution >= 0.6 is 0 Å². The molecule has 0 saturated carbocycles. The maximum Gasteiger partial charge on any atom is 0.249 e. The van der Waals surface area contributed by atoms with Gasteiger partial charge in [0.15, 0.2) is 6.10 Å². The minimum Gasteiger partial charge on any atom is -0.394 e. The summed E-state index contributed by atoms with van der Waals surface area (Å²) in [6.07, 6.45) is -2.59. The largest absolute Gasteiger partial charge is 0.394 e. The number of ether oxygens (including phenoxy) is 1. The van der Waals surface area contributed by atoms with Crippen molar-refractivity contribution >= 4 is 5.91 Å². The molecule has 0 aliphatic rings. The lowest BCUT2D eigenvalue weighted by molar-refractivity contribution is -0.155. The van der Waals surface area contributed by atoms with Crippen molar-refractivity contribution in [2.45, 2.75) is 57.0 Å². The molecule has 7 nitrogen and oxygen atoms in total. The zero-order valence-electron chi connectivity index (χ0n) is 11.2. The molecule has 0 rings (SSSR count). The number of hydrogen-bond acceptors (Lipinski definition) is 6. The van der Waals surface area contributed by atoms with Gasteiger partial charge in [0.2, 0.25) is 5.91 Å². The van der Waals surface area contributed by atoms with Crippen LogP contribution in [-0.4, -0.2) is 64.0 Å². The first-order valence-corrected chi connectivity index (χ1v) is 6.51. The van der Waals surface area contributed by atoms with E-state index in [4.69, 9.17) is 15.6 Å². The minimum absolute atomic E-state index is 0.229. The number of aliphatic hydroxyl groups is 4. The summed E-state index contributed by atoms with van der Waals surface area (Å²) in [6, 6.07) is 0. The number of carbonyl (C=O) groups is 1. The van der Waals surface area contributed by atoms with Crippen LogP contribution in [0.1, 0.15) is 32.6 Å². The predicted molar refractivity (Wildman–Crippen MR) is 68.2 cm³/mol. The Morgan fingerprint density at radius 1 is 1.16 bits per heavy atom. The van der Waals surface area contributed by atoms with Crippen molar-refractivity contribution in [3.05, 3.63) is 0 Å². The number of unbranched alkanes of at least 4 members (excludes halogenated alkanes) is 3. The normalized spacial score (nSPS) is 17.7. The second-order valence-corrected chi connectivity index (χ2v) is 4.49. The first kappa shape index (κ1) is 18.3. The van der Waals surface area contributed by atoms with Gasteiger partial charge in [-0.2, -0.15) is 0 Å². The number of primary amides is 1. The van der Waals surface area contributed by atoms with Gasteiger partial charge in [0.25, 0.3) is 0 Å². The second-order valence-electron chi connectivity index (χ2n) is 4.49. The fourth-order valence-electron chi connectivity index (χ4n) is 1.60. The lowest BCUT2D eigenvalue weighted by Crippen LogP contribution is -2.51. The van der Waals surface area contributed by atoms with Crippen molar-refractivity contribution in [3.8, 4) is 0 Å². The Labute approximate surface area is 113 Å². The van der Waals surface area contributed by atoms with Crippen molar-refractivity contribution in [2.24, 2.45) is 5.73 Å². The summed E-state index contributed by atoms with van der Waals surface area (Å²) in [7, 11) is 0. The van der Waals surface area contributed by atoms with Crippen LogP contribution in [0.25, 0.3) is 0 Å². The van der Waals surface area contributed by atoms with Crippen LogP contribution in [0.2, 0.25) is 0 Å². The van der Waals surface area contributed by atoms with Gasteiger partial charge in [-0.05, 0) is 6.42 Å². The molecule has 7 heteroatoms. The van der Waals surface area contributed by atoms with E-state index < -0.39 is 36.9 Å². The first-order valence-electron chi connectivity index (χ1n) is 6.51. The molecule has 114 valence electrons. The molecule has 0 aliphatic carbocycles. The van der Waals surface area contributed by atoms with E-state index in [0.29, 0.717) is 6.42 Å². The van der Waals surface area contributed by atoms with Gasteiger partial charge in [0.05, 0.1) is 6.61 Å². The zero-order chi connectivity index (χ0) is 14.8. The molecule has 0 radical (unpaired) electrons. The van der Waals surface area contributed by atoms with Gasteiger partial charge in [-0.15, -0.1) is 0 Å². The number of hydrogen-bond donors (Lipinski definition) is 5. The van der Waals surface area contributed by atoms with Gasteiger partial charge >= 0.3 is 0 Å². The summed E-state index contributed by atoms with van der Waals surface area (Å²) < 4.78 is 5.15. The molecule has 0 aromatic carbocycles. The van der Waals surface area contributed by atoms with Crippen LogP contribution in [0.4, 0.5) is 0 Å². The maximum atomic E-state index is 11.2. The molecule has 0 unspecified atom stereocenters. The highest BCUT2D eigenvalue weighted by molar-refractivity contribution is 5.79. The van der Waals surface area contributed by atoms with E-state index in [0.717, 1.165) is 19.3 Å². The molecule has 6 N–H and O–H groups in total. The summed E-state index contributed by atoms with van der Waals surface area (Å²) >= 11 is 0. The SMILES string of the molecule is CCCCCCO[C@@H](C(N)=O)[C@@H](O)[C@H](O)[C@H](O)CO. The molecule has 1 amide bonds. The van der Waals surface area contributed by atoms with Crippen LogP contribution in [0.3, 0.4) is 0 Å². The number of carbonyl (C=O) groups excluding carboxylic acids is 1. The minimum atomic E-state index is -1.70. The zero-order valence-corrected chi connectivity index (χ0v) is 11.2. The molecular formula is C12H25NO6. The van der Waals surface area contributed by atoms with Crippen LogP contribution in [0.5, 0.6) is 0 Å². The summed E-state index contributed by atoms with van der Waals surface area (Å²) in [5.41, 5.74) is 5.08. The van der Waals surface area contributed by atoms with E-state index in [9.17, 15) is 20.1 Å². The van der Waals surface area contributed by atoms with E-state index in [1.165, 1.54) is 0 Å². The number of aliphatic hydroxyl groups excluding tert-OH is 4. The average Bonchev–Trinajstić information content (AvgIpc) is 2.39. The van der Waals surface area contributed by atoms with Crippen LogP contribution in [-0.2, 0) is 9.53 Å². The third-order valence-corrected chi connectivity index (χ3v) is 2.82. The highest BCUT2D eigenvalue weighted by Gasteiger charge is 2.35. The molecule has 19 heavy (non-hydrogen) atoms. The number of rotatable bonds is 11.